The highest BCUT2D eigenvalue weighted by Gasteiger charge is 2.24. The zero-order valence-electron chi connectivity index (χ0n) is 13.2. The molecule has 1 amide bonds. The van der Waals surface area contributed by atoms with Crippen LogP contribution in [0.1, 0.15) is 45.6 Å². The number of hydrogen-bond acceptors (Lipinski definition) is 4. The van der Waals surface area contributed by atoms with E-state index in [1.165, 1.54) is 0 Å². The normalized spacial score (nSPS) is 20.1. The largest absolute Gasteiger partial charge is 0.472 e. The fourth-order valence-electron chi connectivity index (χ4n) is 2.46. The Bertz CT molecular complexity index is 437. The number of furan rings is 1. The number of ether oxygens (including phenoxy) is 1. The van der Waals surface area contributed by atoms with Gasteiger partial charge in [-0.1, -0.05) is 0 Å². The van der Waals surface area contributed by atoms with Crippen LogP contribution in [0.5, 0.6) is 0 Å². The van der Waals surface area contributed by atoms with Crippen LogP contribution in [0.2, 0.25) is 0 Å². The maximum absolute atomic E-state index is 12.1. The zero-order chi connectivity index (χ0) is 15.3. The van der Waals surface area contributed by atoms with Gasteiger partial charge in [0.1, 0.15) is 5.60 Å². The highest BCUT2D eigenvalue weighted by molar-refractivity contribution is 5.68. The molecule has 5 heteroatoms. The zero-order valence-corrected chi connectivity index (χ0v) is 13.2. The fourth-order valence-corrected chi connectivity index (χ4v) is 2.46. The number of likely N-dealkylation sites (tertiary alicyclic amines) is 1. The molecule has 1 atom stereocenters. The predicted octanol–water partition coefficient (Wildman–Crippen LogP) is 3.16. The Hall–Kier alpha value is -1.49. The van der Waals surface area contributed by atoms with Gasteiger partial charge < -0.3 is 19.4 Å². The Morgan fingerprint density at radius 1 is 1.43 bits per heavy atom. The molecule has 5 nitrogen and oxygen atoms in total. The quantitative estimate of drug-likeness (QED) is 0.930. The van der Waals surface area contributed by atoms with Crippen molar-refractivity contribution in [3.63, 3.8) is 0 Å². The summed E-state index contributed by atoms with van der Waals surface area (Å²) in [5, 5.41) is 3.53. The third-order valence-corrected chi connectivity index (χ3v) is 3.55. The van der Waals surface area contributed by atoms with E-state index in [0.717, 1.165) is 44.5 Å². The van der Waals surface area contributed by atoms with E-state index in [2.05, 4.69) is 5.32 Å². The van der Waals surface area contributed by atoms with Crippen LogP contribution in [0, 0.1) is 0 Å². The van der Waals surface area contributed by atoms with Crippen molar-refractivity contribution in [3.8, 4) is 0 Å². The molecule has 118 valence electrons. The number of nitrogens with zero attached hydrogens (tertiary/aromatic N) is 1. The summed E-state index contributed by atoms with van der Waals surface area (Å²) in [6.07, 6.45) is 6.29. The molecule has 0 bridgehead atoms. The molecule has 21 heavy (non-hydrogen) atoms. The summed E-state index contributed by atoms with van der Waals surface area (Å²) in [6.45, 7) is 8.04. The third kappa shape index (κ3) is 5.42. The Labute approximate surface area is 126 Å². The van der Waals surface area contributed by atoms with E-state index in [0.29, 0.717) is 6.04 Å². The molecule has 0 saturated carbocycles. The molecule has 1 aliphatic heterocycles. The molecule has 0 radical (unpaired) electrons. The third-order valence-electron chi connectivity index (χ3n) is 3.55. The molecule has 2 heterocycles. The van der Waals surface area contributed by atoms with Gasteiger partial charge in [0, 0.05) is 31.2 Å². The van der Waals surface area contributed by atoms with Gasteiger partial charge >= 0.3 is 6.09 Å². The van der Waals surface area contributed by atoms with E-state index in [-0.39, 0.29) is 6.09 Å². The number of nitrogens with one attached hydrogen (secondary N) is 1. The van der Waals surface area contributed by atoms with Crippen LogP contribution in [0.15, 0.2) is 23.0 Å². The van der Waals surface area contributed by atoms with Crippen LogP contribution >= 0.6 is 0 Å². The first-order chi connectivity index (χ1) is 9.94. The van der Waals surface area contributed by atoms with Crippen LogP contribution < -0.4 is 5.32 Å². The maximum Gasteiger partial charge on any atom is 0.410 e. The Balaban J connectivity index is 1.77. The van der Waals surface area contributed by atoms with Crippen LogP contribution in [0.3, 0.4) is 0 Å². The molecule has 0 spiro atoms. The van der Waals surface area contributed by atoms with E-state index in [4.69, 9.17) is 9.15 Å². The van der Waals surface area contributed by atoms with Crippen LogP contribution in [0.4, 0.5) is 4.79 Å². The average Bonchev–Trinajstić information content (AvgIpc) is 2.78. The van der Waals surface area contributed by atoms with Crippen molar-refractivity contribution in [2.24, 2.45) is 0 Å². The summed E-state index contributed by atoms with van der Waals surface area (Å²) in [6, 6.07) is 2.41. The molecular formula is C16H26N2O3. The molecule has 1 saturated heterocycles. The first-order valence-electron chi connectivity index (χ1n) is 7.66. The minimum atomic E-state index is -0.428. The molecular weight excluding hydrogens is 268 g/mol. The lowest BCUT2D eigenvalue weighted by Crippen LogP contribution is -2.38. The summed E-state index contributed by atoms with van der Waals surface area (Å²) in [7, 11) is 0. The fraction of sp³-hybridized carbons (Fsp3) is 0.688. The molecule has 1 aliphatic rings. The van der Waals surface area contributed by atoms with Crippen molar-refractivity contribution in [1.29, 1.82) is 0 Å². The average molecular weight is 294 g/mol. The van der Waals surface area contributed by atoms with Gasteiger partial charge in [-0.25, -0.2) is 4.79 Å². The van der Waals surface area contributed by atoms with Gasteiger partial charge in [0.2, 0.25) is 0 Å². The van der Waals surface area contributed by atoms with E-state index < -0.39 is 5.60 Å². The molecule has 0 aliphatic carbocycles. The van der Waals surface area contributed by atoms with Gasteiger partial charge in [-0.15, -0.1) is 0 Å². The number of carbonyl (C=O) groups is 1. The Morgan fingerprint density at radius 2 is 2.24 bits per heavy atom. The van der Waals surface area contributed by atoms with Gasteiger partial charge in [0.15, 0.2) is 0 Å². The molecule has 1 unspecified atom stereocenters. The van der Waals surface area contributed by atoms with Gasteiger partial charge in [-0.2, -0.15) is 0 Å². The molecule has 1 aromatic rings. The first-order valence-corrected chi connectivity index (χ1v) is 7.66. The summed E-state index contributed by atoms with van der Waals surface area (Å²) in [5.74, 6) is 0. The van der Waals surface area contributed by atoms with Crippen molar-refractivity contribution < 1.29 is 13.9 Å². The number of amides is 1. The Kier molecular flexibility index (Phi) is 5.28. The standard InChI is InChI=1S/C16H26N2O3/c1-16(2,3)21-15(19)18-8-4-5-14(6-9-18)17-11-13-7-10-20-12-13/h7,10,12,14,17H,4-6,8-9,11H2,1-3H3. The summed E-state index contributed by atoms with van der Waals surface area (Å²) in [4.78, 5) is 13.9. The lowest BCUT2D eigenvalue weighted by molar-refractivity contribution is 0.0256. The maximum atomic E-state index is 12.1. The van der Waals surface area contributed by atoms with Crippen LogP contribution in [-0.4, -0.2) is 35.7 Å². The van der Waals surface area contributed by atoms with E-state index in [9.17, 15) is 4.79 Å². The minimum absolute atomic E-state index is 0.196. The SMILES string of the molecule is CC(C)(C)OC(=O)N1CCCC(NCc2ccoc2)CC1. The first kappa shape index (κ1) is 15.9. The topological polar surface area (TPSA) is 54.7 Å². The lowest BCUT2D eigenvalue weighted by atomic mass is 10.1. The highest BCUT2D eigenvalue weighted by atomic mass is 16.6. The van der Waals surface area contributed by atoms with Crippen molar-refractivity contribution in [2.45, 2.75) is 58.2 Å². The summed E-state index contributed by atoms with van der Waals surface area (Å²) < 4.78 is 10.5. The molecule has 2 rings (SSSR count). The van der Waals surface area contributed by atoms with Crippen molar-refractivity contribution in [1.82, 2.24) is 10.2 Å². The molecule has 1 aromatic heterocycles. The summed E-state index contributed by atoms with van der Waals surface area (Å²) in [5.41, 5.74) is 0.728. The van der Waals surface area contributed by atoms with Crippen molar-refractivity contribution in [2.75, 3.05) is 13.1 Å². The molecule has 1 fully saturated rings. The number of carbonyl (C=O) groups excluding carboxylic acids is 1. The van der Waals surface area contributed by atoms with Gasteiger partial charge in [-0.3, -0.25) is 0 Å². The second kappa shape index (κ2) is 6.98. The van der Waals surface area contributed by atoms with Crippen molar-refractivity contribution >= 4 is 6.09 Å². The van der Waals surface area contributed by atoms with E-state index in [1.54, 1.807) is 12.5 Å². The van der Waals surface area contributed by atoms with Gasteiger partial charge in [0.25, 0.3) is 0 Å². The number of hydrogen-bond donors (Lipinski definition) is 1. The van der Waals surface area contributed by atoms with Crippen LogP contribution in [0.25, 0.3) is 0 Å². The van der Waals surface area contributed by atoms with Gasteiger partial charge in [0.05, 0.1) is 12.5 Å². The van der Waals surface area contributed by atoms with Gasteiger partial charge in [-0.05, 0) is 46.1 Å². The van der Waals surface area contributed by atoms with Crippen LogP contribution in [-0.2, 0) is 11.3 Å². The second-order valence-corrected chi connectivity index (χ2v) is 6.61. The van der Waals surface area contributed by atoms with E-state index in [1.807, 2.05) is 31.7 Å². The molecule has 1 N–H and O–H groups in total. The lowest BCUT2D eigenvalue weighted by Gasteiger charge is -2.26. The highest BCUT2D eigenvalue weighted by Crippen LogP contribution is 2.16. The van der Waals surface area contributed by atoms with Crippen molar-refractivity contribution in [3.05, 3.63) is 24.2 Å². The predicted molar refractivity (Wildman–Crippen MR) is 81.0 cm³/mol. The minimum Gasteiger partial charge on any atom is -0.472 e. The number of rotatable bonds is 3. The molecule has 0 aromatic carbocycles. The monoisotopic (exact) mass is 294 g/mol. The Morgan fingerprint density at radius 3 is 2.90 bits per heavy atom. The summed E-state index contributed by atoms with van der Waals surface area (Å²) >= 11 is 0. The second-order valence-electron chi connectivity index (χ2n) is 6.61. The van der Waals surface area contributed by atoms with E-state index >= 15 is 0 Å². The smallest absolute Gasteiger partial charge is 0.410 e.